The van der Waals surface area contributed by atoms with Crippen molar-refractivity contribution in [3.63, 3.8) is 0 Å². The van der Waals surface area contributed by atoms with Gasteiger partial charge in [0, 0.05) is 16.3 Å². The quantitative estimate of drug-likeness (QED) is 0.526. The van der Waals surface area contributed by atoms with Gasteiger partial charge in [-0.15, -0.1) is 11.8 Å². The molecule has 1 atom stereocenters. The summed E-state index contributed by atoms with van der Waals surface area (Å²) < 4.78 is 27.6. The van der Waals surface area contributed by atoms with E-state index in [1.807, 2.05) is 56.3 Å². The van der Waals surface area contributed by atoms with Gasteiger partial charge in [0.15, 0.2) is 0 Å². The maximum Gasteiger partial charge on any atom is 0.261 e. The molecule has 0 spiro atoms. The first-order valence-corrected chi connectivity index (χ1v) is 11.4. The van der Waals surface area contributed by atoms with Crippen LogP contribution >= 0.6 is 11.8 Å². The molecule has 5 nitrogen and oxygen atoms in total. The van der Waals surface area contributed by atoms with Crippen LogP contribution in [0.25, 0.3) is 0 Å². The number of hydrogen-bond acceptors (Lipinski definition) is 4. The van der Waals surface area contributed by atoms with Crippen molar-refractivity contribution in [1.29, 1.82) is 0 Å². The van der Waals surface area contributed by atoms with Crippen LogP contribution in [0.2, 0.25) is 0 Å². The fourth-order valence-corrected chi connectivity index (χ4v) is 4.50. The molecule has 1 amide bonds. The molecule has 0 radical (unpaired) electrons. The topological polar surface area (TPSA) is 75.3 Å². The summed E-state index contributed by atoms with van der Waals surface area (Å²) in [5.74, 6) is -0.146. The van der Waals surface area contributed by atoms with Crippen molar-refractivity contribution in [1.82, 2.24) is 0 Å². The number of aryl methyl sites for hydroxylation is 1. The van der Waals surface area contributed by atoms with Gasteiger partial charge in [-0.1, -0.05) is 35.9 Å². The average Bonchev–Trinajstić information content (AvgIpc) is 2.71. The number of nitrogens with one attached hydrogen (secondary N) is 2. The number of thioether (sulfide) groups is 1. The molecule has 0 aromatic heterocycles. The second kappa shape index (κ2) is 9.15. The summed E-state index contributed by atoms with van der Waals surface area (Å²) in [4.78, 5) is 13.5. The monoisotopic (exact) mass is 426 g/mol. The van der Waals surface area contributed by atoms with Crippen LogP contribution in [0.3, 0.4) is 0 Å². The SMILES string of the molecule is Cc1ccc(NS(=O)(=O)c2ccc(NC(=O)[C@H](C)Sc3ccccc3)cc2)cc1. The summed E-state index contributed by atoms with van der Waals surface area (Å²) in [5.41, 5.74) is 2.09. The molecule has 0 bridgehead atoms. The fourth-order valence-electron chi connectivity index (χ4n) is 2.55. The number of sulfonamides is 1. The van der Waals surface area contributed by atoms with Crippen LogP contribution in [-0.2, 0) is 14.8 Å². The van der Waals surface area contributed by atoms with E-state index >= 15 is 0 Å². The second-order valence-corrected chi connectivity index (χ2v) is 9.65. The fraction of sp³-hybridized carbons (Fsp3) is 0.136. The molecule has 0 aliphatic rings. The largest absolute Gasteiger partial charge is 0.325 e. The Morgan fingerprint density at radius 2 is 1.45 bits per heavy atom. The van der Waals surface area contributed by atoms with E-state index in [0.717, 1.165) is 10.5 Å². The molecule has 29 heavy (non-hydrogen) atoms. The van der Waals surface area contributed by atoms with Gasteiger partial charge < -0.3 is 5.32 Å². The number of anilines is 2. The highest BCUT2D eigenvalue weighted by molar-refractivity contribution is 8.00. The first-order valence-electron chi connectivity index (χ1n) is 9.05. The van der Waals surface area contributed by atoms with Gasteiger partial charge in [0.25, 0.3) is 10.0 Å². The van der Waals surface area contributed by atoms with E-state index in [4.69, 9.17) is 0 Å². The van der Waals surface area contributed by atoms with E-state index in [2.05, 4.69) is 10.0 Å². The molecule has 0 heterocycles. The van der Waals surface area contributed by atoms with E-state index in [0.29, 0.717) is 11.4 Å². The van der Waals surface area contributed by atoms with E-state index < -0.39 is 10.0 Å². The molecule has 3 rings (SSSR count). The van der Waals surface area contributed by atoms with Gasteiger partial charge in [0.1, 0.15) is 0 Å². The van der Waals surface area contributed by atoms with Gasteiger partial charge in [-0.05, 0) is 62.4 Å². The van der Waals surface area contributed by atoms with Gasteiger partial charge >= 0.3 is 0 Å². The van der Waals surface area contributed by atoms with Gasteiger partial charge in [0.05, 0.1) is 10.1 Å². The third-order valence-electron chi connectivity index (χ3n) is 4.16. The predicted octanol–water partition coefficient (Wildman–Crippen LogP) is 4.92. The molecule has 0 aliphatic heterocycles. The third kappa shape index (κ3) is 5.85. The molecule has 0 fully saturated rings. The third-order valence-corrected chi connectivity index (χ3v) is 6.67. The molecule has 3 aromatic rings. The molecule has 0 aliphatic carbocycles. The van der Waals surface area contributed by atoms with Crippen LogP contribution in [0.5, 0.6) is 0 Å². The van der Waals surface area contributed by atoms with E-state index in [1.54, 1.807) is 24.3 Å². The zero-order chi connectivity index (χ0) is 20.9. The number of hydrogen-bond donors (Lipinski definition) is 2. The van der Waals surface area contributed by atoms with Crippen LogP contribution in [0.4, 0.5) is 11.4 Å². The lowest BCUT2D eigenvalue weighted by Crippen LogP contribution is -2.22. The van der Waals surface area contributed by atoms with Gasteiger partial charge in [-0.25, -0.2) is 8.42 Å². The number of rotatable bonds is 7. The van der Waals surface area contributed by atoms with Crippen molar-refractivity contribution in [2.45, 2.75) is 28.9 Å². The van der Waals surface area contributed by atoms with Crippen molar-refractivity contribution < 1.29 is 13.2 Å². The molecule has 3 aromatic carbocycles. The highest BCUT2D eigenvalue weighted by Crippen LogP contribution is 2.24. The highest BCUT2D eigenvalue weighted by Gasteiger charge is 2.17. The smallest absolute Gasteiger partial charge is 0.261 e. The van der Waals surface area contributed by atoms with Crippen molar-refractivity contribution in [2.24, 2.45) is 0 Å². The molecule has 2 N–H and O–H groups in total. The minimum Gasteiger partial charge on any atom is -0.325 e. The number of amides is 1. The van der Waals surface area contributed by atoms with Gasteiger partial charge in [0.2, 0.25) is 5.91 Å². The molecular formula is C22H22N2O3S2. The Morgan fingerprint density at radius 3 is 2.07 bits per heavy atom. The van der Waals surface area contributed by atoms with Crippen molar-refractivity contribution in [2.75, 3.05) is 10.0 Å². The number of benzene rings is 3. The lowest BCUT2D eigenvalue weighted by Gasteiger charge is -2.13. The maximum absolute atomic E-state index is 12.5. The van der Waals surface area contributed by atoms with Crippen LogP contribution < -0.4 is 10.0 Å². The van der Waals surface area contributed by atoms with E-state index in [9.17, 15) is 13.2 Å². The Bertz CT molecular complexity index is 1070. The lowest BCUT2D eigenvalue weighted by molar-refractivity contribution is -0.115. The summed E-state index contributed by atoms with van der Waals surface area (Å²) >= 11 is 1.46. The minimum absolute atomic E-state index is 0.128. The summed E-state index contributed by atoms with van der Waals surface area (Å²) in [5, 5.41) is 2.53. The van der Waals surface area contributed by atoms with Crippen LogP contribution in [0.1, 0.15) is 12.5 Å². The number of carbonyl (C=O) groups is 1. The Kier molecular flexibility index (Phi) is 6.61. The second-order valence-electron chi connectivity index (χ2n) is 6.56. The van der Waals surface area contributed by atoms with Crippen molar-refractivity contribution >= 4 is 39.1 Å². The predicted molar refractivity (Wildman–Crippen MR) is 119 cm³/mol. The molecule has 0 unspecified atom stereocenters. The van der Waals surface area contributed by atoms with Crippen LogP contribution in [0, 0.1) is 6.92 Å². The summed E-state index contributed by atoms with van der Waals surface area (Å²) in [6, 6.07) is 22.9. The Balaban J connectivity index is 1.63. The van der Waals surface area contributed by atoms with Gasteiger partial charge in [-0.2, -0.15) is 0 Å². The Labute approximate surface area is 175 Å². The summed E-state index contributed by atoms with van der Waals surface area (Å²) in [6.45, 7) is 3.77. The standard InChI is InChI=1S/C22H22N2O3S2/c1-16-8-10-19(11-9-16)24-29(26,27)21-14-12-18(13-15-21)23-22(25)17(2)28-20-6-4-3-5-7-20/h3-15,17,24H,1-2H3,(H,23,25)/t17-/m0/s1. The maximum atomic E-state index is 12.5. The zero-order valence-corrected chi connectivity index (χ0v) is 17.8. The lowest BCUT2D eigenvalue weighted by atomic mass is 10.2. The summed E-state index contributed by atoms with van der Waals surface area (Å²) in [7, 11) is -3.70. The molecule has 0 saturated carbocycles. The van der Waals surface area contributed by atoms with Crippen LogP contribution in [0.15, 0.2) is 88.7 Å². The molecule has 0 saturated heterocycles. The van der Waals surface area contributed by atoms with E-state index in [1.165, 1.54) is 23.9 Å². The molecule has 150 valence electrons. The average molecular weight is 427 g/mol. The number of carbonyl (C=O) groups excluding carboxylic acids is 1. The zero-order valence-electron chi connectivity index (χ0n) is 16.1. The Hall–Kier alpha value is -2.77. The Morgan fingerprint density at radius 1 is 0.862 bits per heavy atom. The van der Waals surface area contributed by atoms with Crippen molar-refractivity contribution in [3.05, 3.63) is 84.4 Å². The normalized spacial score (nSPS) is 12.2. The van der Waals surface area contributed by atoms with E-state index in [-0.39, 0.29) is 16.1 Å². The molecule has 7 heteroatoms. The minimum atomic E-state index is -3.70. The summed E-state index contributed by atoms with van der Waals surface area (Å²) in [6.07, 6.45) is 0. The van der Waals surface area contributed by atoms with Crippen molar-refractivity contribution in [3.8, 4) is 0 Å². The van der Waals surface area contributed by atoms with Crippen LogP contribution in [-0.4, -0.2) is 19.6 Å². The molecular weight excluding hydrogens is 404 g/mol. The highest BCUT2D eigenvalue weighted by atomic mass is 32.2. The first-order chi connectivity index (χ1) is 13.8. The van der Waals surface area contributed by atoms with Gasteiger partial charge in [-0.3, -0.25) is 9.52 Å². The first kappa shape index (κ1) is 21.0.